The fraction of sp³-hybridized carbons (Fsp3) is 0.429. The summed E-state index contributed by atoms with van der Waals surface area (Å²) >= 11 is 0. The molecule has 0 N–H and O–H groups in total. The van der Waals surface area contributed by atoms with E-state index in [1.54, 1.807) is 0 Å². The third-order valence-electron chi connectivity index (χ3n) is 2.74. The molecule has 1 atom stereocenters. The van der Waals surface area contributed by atoms with Gasteiger partial charge in [0.25, 0.3) is 0 Å². The first-order valence-electron chi connectivity index (χ1n) is 5.69. The maximum absolute atomic E-state index is 10.7. The first-order valence-corrected chi connectivity index (χ1v) is 5.69. The Kier molecular flexibility index (Phi) is 4.90. The highest BCUT2D eigenvalue weighted by Crippen LogP contribution is 2.19. The predicted octanol–water partition coefficient (Wildman–Crippen LogP) is 3.97. The molecular formula is C14H19NO. The summed E-state index contributed by atoms with van der Waals surface area (Å²) in [7, 11) is 0. The van der Waals surface area contributed by atoms with Gasteiger partial charge >= 0.3 is 0 Å². The number of benzene rings is 1. The highest BCUT2D eigenvalue weighted by molar-refractivity contribution is 5.17. The highest BCUT2D eigenvalue weighted by atomic mass is 16.3. The molecule has 16 heavy (non-hydrogen) atoms. The molecule has 0 fully saturated rings. The zero-order chi connectivity index (χ0) is 12.0. The monoisotopic (exact) mass is 217 g/mol. The Hall–Kier alpha value is -1.44. The van der Waals surface area contributed by atoms with Crippen LogP contribution in [0, 0.1) is 10.8 Å². The van der Waals surface area contributed by atoms with Gasteiger partial charge in [-0.25, -0.2) is 0 Å². The number of nitrogens with zero attached hydrogens (tertiary/aromatic N) is 1. The second-order valence-corrected chi connectivity index (χ2v) is 4.44. The van der Waals surface area contributed by atoms with Crippen molar-refractivity contribution in [2.24, 2.45) is 11.1 Å². The van der Waals surface area contributed by atoms with E-state index in [0.717, 1.165) is 18.4 Å². The molecule has 0 spiro atoms. The van der Waals surface area contributed by atoms with Crippen molar-refractivity contribution in [3.8, 4) is 0 Å². The normalized spacial score (nSPS) is 12.4. The van der Waals surface area contributed by atoms with Gasteiger partial charge in [-0.2, -0.15) is 4.91 Å². The second kappa shape index (κ2) is 6.21. The lowest BCUT2D eigenvalue weighted by molar-refractivity contribution is 0.534. The molecule has 0 aliphatic heterocycles. The van der Waals surface area contributed by atoms with Crippen LogP contribution in [-0.4, -0.2) is 6.04 Å². The van der Waals surface area contributed by atoms with Gasteiger partial charge in [0.1, 0.15) is 6.04 Å². The number of hydrogen-bond donors (Lipinski definition) is 0. The number of nitroso groups, excluding NO2 is 1. The van der Waals surface area contributed by atoms with Crippen molar-refractivity contribution in [1.82, 2.24) is 0 Å². The summed E-state index contributed by atoms with van der Waals surface area (Å²) in [5, 5.41) is 3.15. The van der Waals surface area contributed by atoms with Gasteiger partial charge in [0, 0.05) is 0 Å². The van der Waals surface area contributed by atoms with Crippen LogP contribution in [0.15, 0.2) is 47.7 Å². The first-order chi connectivity index (χ1) is 7.65. The molecule has 0 bridgehead atoms. The maximum atomic E-state index is 10.7. The van der Waals surface area contributed by atoms with E-state index >= 15 is 0 Å². The summed E-state index contributed by atoms with van der Waals surface area (Å²) in [5.74, 6) is 0.237. The zero-order valence-electron chi connectivity index (χ0n) is 10.0. The van der Waals surface area contributed by atoms with Gasteiger partial charge in [0.05, 0.1) is 0 Å². The summed E-state index contributed by atoms with van der Waals surface area (Å²) in [4.78, 5) is 10.7. The molecule has 86 valence electrons. The smallest absolute Gasteiger partial charge is 0.115 e. The Morgan fingerprint density at radius 3 is 2.44 bits per heavy atom. The fourth-order valence-electron chi connectivity index (χ4n) is 1.77. The molecule has 1 rings (SSSR count). The van der Waals surface area contributed by atoms with Crippen LogP contribution in [0.1, 0.15) is 25.8 Å². The van der Waals surface area contributed by atoms with Crippen LogP contribution in [0.5, 0.6) is 0 Å². The highest BCUT2D eigenvalue weighted by Gasteiger charge is 2.16. The summed E-state index contributed by atoms with van der Waals surface area (Å²) < 4.78 is 0. The lowest BCUT2D eigenvalue weighted by Gasteiger charge is -2.15. The molecule has 0 saturated carbocycles. The molecule has 0 aliphatic rings. The van der Waals surface area contributed by atoms with E-state index in [2.05, 4.69) is 23.9 Å². The van der Waals surface area contributed by atoms with Crippen molar-refractivity contribution < 1.29 is 0 Å². The van der Waals surface area contributed by atoms with Crippen molar-refractivity contribution in [3.63, 3.8) is 0 Å². The van der Waals surface area contributed by atoms with E-state index in [0.29, 0.717) is 0 Å². The van der Waals surface area contributed by atoms with Crippen LogP contribution in [0.3, 0.4) is 0 Å². The quantitative estimate of drug-likeness (QED) is 0.523. The molecule has 0 aromatic heterocycles. The molecule has 1 aromatic rings. The van der Waals surface area contributed by atoms with Crippen molar-refractivity contribution in [3.05, 3.63) is 53.0 Å². The molecule has 0 amide bonds. The van der Waals surface area contributed by atoms with Crippen molar-refractivity contribution in [2.75, 3.05) is 0 Å². The number of aryl methyl sites for hydroxylation is 1. The van der Waals surface area contributed by atoms with Gasteiger partial charge < -0.3 is 0 Å². The van der Waals surface area contributed by atoms with Gasteiger partial charge in [-0.3, -0.25) is 0 Å². The first kappa shape index (κ1) is 12.6. The number of hydrogen-bond acceptors (Lipinski definition) is 2. The van der Waals surface area contributed by atoms with Gasteiger partial charge in [-0.15, -0.1) is 0 Å². The van der Waals surface area contributed by atoms with Crippen LogP contribution >= 0.6 is 0 Å². The van der Waals surface area contributed by atoms with E-state index in [1.807, 2.05) is 32.0 Å². The van der Waals surface area contributed by atoms with Crippen LogP contribution < -0.4 is 0 Å². The molecule has 0 radical (unpaired) electrons. The largest absolute Gasteiger partial charge is 0.150 e. The Morgan fingerprint density at radius 2 is 1.94 bits per heavy atom. The molecule has 0 saturated heterocycles. The van der Waals surface area contributed by atoms with E-state index < -0.39 is 0 Å². The Balaban J connectivity index is 2.49. The van der Waals surface area contributed by atoms with Crippen LogP contribution in [0.4, 0.5) is 0 Å². The third kappa shape index (κ3) is 3.61. The molecule has 2 heteroatoms. The average Bonchev–Trinajstić information content (AvgIpc) is 2.28. The Labute approximate surface area is 97.4 Å². The fourth-order valence-corrected chi connectivity index (χ4v) is 1.77. The molecular weight excluding hydrogens is 198 g/mol. The molecule has 2 nitrogen and oxygen atoms in total. The Morgan fingerprint density at radius 1 is 1.31 bits per heavy atom. The summed E-state index contributed by atoms with van der Waals surface area (Å²) in [6, 6.07) is 9.98. The molecule has 0 aliphatic carbocycles. The minimum atomic E-state index is -0.247. The summed E-state index contributed by atoms with van der Waals surface area (Å²) in [5.41, 5.74) is 2.21. The van der Waals surface area contributed by atoms with E-state index in [1.165, 1.54) is 5.56 Å². The Bertz CT molecular complexity index is 343. The maximum Gasteiger partial charge on any atom is 0.115 e. The zero-order valence-corrected chi connectivity index (χ0v) is 10.0. The van der Waals surface area contributed by atoms with Crippen molar-refractivity contribution in [1.29, 1.82) is 0 Å². The van der Waals surface area contributed by atoms with Gasteiger partial charge in [0.2, 0.25) is 0 Å². The molecule has 0 heterocycles. The second-order valence-electron chi connectivity index (χ2n) is 4.44. The molecule has 1 unspecified atom stereocenters. The SMILES string of the molecule is C=C(CCc1ccccc1)C(N=O)C(C)C. The average molecular weight is 217 g/mol. The molecule has 1 aromatic carbocycles. The third-order valence-corrected chi connectivity index (χ3v) is 2.74. The van der Waals surface area contributed by atoms with Crippen molar-refractivity contribution >= 4 is 0 Å². The van der Waals surface area contributed by atoms with Crippen LogP contribution in [0.2, 0.25) is 0 Å². The minimum Gasteiger partial charge on any atom is -0.150 e. The van der Waals surface area contributed by atoms with Gasteiger partial charge in [-0.1, -0.05) is 55.9 Å². The lowest BCUT2D eigenvalue weighted by atomic mass is 9.93. The van der Waals surface area contributed by atoms with Gasteiger partial charge in [0.15, 0.2) is 0 Å². The number of rotatable bonds is 6. The topological polar surface area (TPSA) is 29.4 Å². The van der Waals surface area contributed by atoms with E-state index in [4.69, 9.17) is 0 Å². The summed E-state index contributed by atoms with van der Waals surface area (Å²) in [6.45, 7) is 7.97. The minimum absolute atomic E-state index is 0.237. The van der Waals surface area contributed by atoms with E-state index in [-0.39, 0.29) is 12.0 Å². The van der Waals surface area contributed by atoms with Gasteiger partial charge in [-0.05, 0) is 29.9 Å². The predicted molar refractivity (Wildman–Crippen MR) is 68.3 cm³/mol. The van der Waals surface area contributed by atoms with Crippen LogP contribution in [0.25, 0.3) is 0 Å². The van der Waals surface area contributed by atoms with E-state index in [9.17, 15) is 4.91 Å². The summed E-state index contributed by atoms with van der Waals surface area (Å²) in [6.07, 6.45) is 1.76. The standard InChI is InChI=1S/C14H19NO/c1-11(2)14(15-16)12(3)9-10-13-7-5-4-6-8-13/h4-8,11,14H,3,9-10H2,1-2H3. The lowest BCUT2D eigenvalue weighted by Crippen LogP contribution is -2.15. The van der Waals surface area contributed by atoms with Crippen LogP contribution in [-0.2, 0) is 6.42 Å². The van der Waals surface area contributed by atoms with Crippen molar-refractivity contribution in [2.45, 2.75) is 32.7 Å².